The summed E-state index contributed by atoms with van der Waals surface area (Å²) in [5, 5.41) is 9.82. The van der Waals surface area contributed by atoms with Crippen LogP contribution in [0.1, 0.15) is 30.9 Å². The molecule has 31 heavy (non-hydrogen) atoms. The minimum atomic E-state index is -0.403. The van der Waals surface area contributed by atoms with E-state index in [9.17, 15) is 14.0 Å². The Labute approximate surface area is 180 Å². The molecule has 6 heteroatoms. The van der Waals surface area contributed by atoms with Crippen LogP contribution in [-0.2, 0) is 11.2 Å². The van der Waals surface area contributed by atoms with Crippen molar-refractivity contribution in [1.82, 2.24) is 0 Å². The van der Waals surface area contributed by atoms with Crippen molar-refractivity contribution in [2.45, 2.75) is 32.2 Å². The van der Waals surface area contributed by atoms with Gasteiger partial charge in [0.15, 0.2) is 0 Å². The molecule has 0 spiro atoms. The van der Waals surface area contributed by atoms with Crippen LogP contribution in [0.15, 0.2) is 83.1 Å². The Morgan fingerprint density at radius 2 is 1.71 bits per heavy atom. The van der Waals surface area contributed by atoms with Gasteiger partial charge >= 0.3 is 0 Å². The molecule has 0 aliphatic carbocycles. The number of nitriles is 1. The summed E-state index contributed by atoms with van der Waals surface area (Å²) < 4.78 is 32.9. The molecule has 4 nitrogen and oxygen atoms in total. The number of quaternary nitrogens is 1. The fourth-order valence-electron chi connectivity index (χ4n) is 4.16. The zero-order valence-corrected chi connectivity index (χ0v) is 17.5. The van der Waals surface area contributed by atoms with Gasteiger partial charge in [-0.25, -0.2) is 8.78 Å². The first-order valence-corrected chi connectivity index (χ1v) is 10.2. The van der Waals surface area contributed by atoms with E-state index in [0.29, 0.717) is 30.3 Å². The number of halogens is 2. The molecule has 2 aromatic carbocycles. The Morgan fingerprint density at radius 3 is 2.29 bits per heavy atom. The standard InChI is InChI=1S/C25H23F2N3O/c1-15(2)30-13-18(11-16-3-7-19(26)8-4-16)24-22(14-30)23(21(12-28)25(29)31-24)17-5-9-20(27)10-6-17/h3-10,13,15,23H,11,14,29H2,1-2H3/p+1/t23-/m0/s1. The molecular weight excluding hydrogens is 396 g/mol. The molecule has 1 unspecified atom stereocenters. The second-order valence-corrected chi connectivity index (χ2v) is 8.21. The average molecular weight is 420 g/mol. The first kappa shape index (κ1) is 20.8. The third-order valence-corrected chi connectivity index (χ3v) is 5.83. The van der Waals surface area contributed by atoms with Crippen LogP contribution in [0.25, 0.3) is 0 Å². The van der Waals surface area contributed by atoms with Gasteiger partial charge in [0.2, 0.25) is 5.88 Å². The molecule has 2 atom stereocenters. The van der Waals surface area contributed by atoms with Crippen molar-refractivity contribution < 1.29 is 18.4 Å². The first-order valence-electron chi connectivity index (χ1n) is 10.2. The zero-order valence-electron chi connectivity index (χ0n) is 17.5. The molecule has 2 aliphatic heterocycles. The van der Waals surface area contributed by atoms with Gasteiger partial charge in [-0.05, 0) is 49.2 Å². The van der Waals surface area contributed by atoms with Crippen LogP contribution in [0, 0.1) is 23.0 Å². The lowest BCUT2D eigenvalue weighted by atomic mass is 9.80. The van der Waals surface area contributed by atoms with E-state index >= 15 is 0 Å². The fraction of sp³-hybridized carbons (Fsp3) is 0.240. The molecule has 0 radical (unpaired) electrons. The number of allylic oxidation sites excluding steroid dienone is 2. The van der Waals surface area contributed by atoms with Gasteiger partial charge < -0.3 is 15.4 Å². The largest absolute Gasteiger partial charge is 0.440 e. The van der Waals surface area contributed by atoms with E-state index in [2.05, 4.69) is 26.1 Å². The molecule has 0 saturated heterocycles. The molecule has 0 aromatic heterocycles. The highest BCUT2D eigenvalue weighted by Crippen LogP contribution is 2.41. The highest BCUT2D eigenvalue weighted by atomic mass is 19.1. The van der Waals surface area contributed by atoms with Crippen molar-refractivity contribution >= 4 is 0 Å². The van der Waals surface area contributed by atoms with Gasteiger partial charge in [-0.3, -0.25) is 0 Å². The topological polar surface area (TPSA) is 63.5 Å². The van der Waals surface area contributed by atoms with Crippen LogP contribution in [0.2, 0.25) is 0 Å². The molecule has 158 valence electrons. The highest BCUT2D eigenvalue weighted by Gasteiger charge is 2.39. The molecule has 2 aromatic rings. The molecule has 4 rings (SSSR count). The predicted octanol–water partition coefficient (Wildman–Crippen LogP) is 3.46. The summed E-state index contributed by atoms with van der Waals surface area (Å²) >= 11 is 0. The van der Waals surface area contributed by atoms with Gasteiger partial charge in [-0.15, -0.1) is 0 Å². The number of ether oxygens (including phenoxy) is 1. The average Bonchev–Trinajstić information content (AvgIpc) is 2.75. The van der Waals surface area contributed by atoms with Gasteiger partial charge in [-0.1, -0.05) is 24.3 Å². The summed E-state index contributed by atoms with van der Waals surface area (Å²) in [5.74, 6) is -0.310. The maximum Gasteiger partial charge on any atom is 0.205 e. The molecule has 3 N–H and O–H groups in total. The minimum absolute atomic E-state index is 0.0635. The molecule has 2 aliphatic rings. The summed E-state index contributed by atoms with van der Waals surface area (Å²) in [6.07, 6.45) is 2.67. The highest BCUT2D eigenvalue weighted by molar-refractivity contribution is 5.53. The van der Waals surface area contributed by atoms with Gasteiger partial charge in [0.1, 0.15) is 41.8 Å². The number of nitrogens with two attached hydrogens (primary N) is 1. The molecule has 2 heterocycles. The van der Waals surface area contributed by atoms with Crippen LogP contribution >= 0.6 is 0 Å². The van der Waals surface area contributed by atoms with E-state index in [4.69, 9.17) is 10.5 Å². The molecule has 0 bridgehead atoms. The first-order chi connectivity index (χ1) is 14.9. The van der Waals surface area contributed by atoms with Crippen molar-refractivity contribution in [3.05, 3.63) is 106 Å². The van der Waals surface area contributed by atoms with Crippen molar-refractivity contribution in [3.8, 4) is 6.07 Å². The Balaban J connectivity index is 1.82. The number of rotatable bonds is 4. The summed E-state index contributed by atoms with van der Waals surface area (Å²) in [4.78, 5) is 1.21. The summed E-state index contributed by atoms with van der Waals surface area (Å²) in [6.45, 7) is 4.89. The van der Waals surface area contributed by atoms with E-state index in [1.54, 1.807) is 24.3 Å². The SMILES string of the molecule is CC(C)[NH+]1C=C(Cc2ccc(F)cc2)C2=C(C1)[C@@H](c1ccc(F)cc1)C(C#N)=C(N)O2. The minimum Gasteiger partial charge on any atom is -0.440 e. The van der Waals surface area contributed by atoms with Crippen LogP contribution in [0.3, 0.4) is 0 Å². The van der Waals surface area contributed by atoms with Crippen molar-refractivity contribution in [3.63, 3.8) is 0 Å². The fourth-order valence-corrected chi connectivity index (χ4v) is 4.16. The third-order valence-electron chi connectivity index (χ3n) is 5.83. The maximum absolute atomic E-state index is 13.6. The number of hydrogen-bond donors (Lipinski definition) is 2. The summed E-state index contributed by atoms with van der Waals surface area (Å²) in [6, 6.07) is 15.0. The monoisotopic (exact) mass is 420 g/mol. The van der Waals surface area contributed by atoms with Crippen LogP contribution in [-0.4, -0.2) is 12.6 Å². The predicted molar refractivity (Wildman–Crippen MR) is 113 cm³/mol. The van der Waals surface area contributed by atoms with Crippen molar-refractivity contribution in [2.75, 3.05) is 6.54 Å². The maximum atomic E-state index is 13.6. The smallest absolute Gasteiger partial charge is 0.205 e. The lowest BCUT2D eigenvalue weighted by Gasteiger charge is -2.35. The number of nitrogens with zero attached hydrogens (tertiary/aromatic N) is 1. The van der Waals surface area contributed by atoms with Crippen molar-refractivity contribution in [1.29, 1.82) is 5.26 Å². The van der Waals surface area contributed by atoms with E-state index in [1.165, 1.54) is 29.2 Å². The molecule has 0 fully saturated rings. The Morgan fingerprint density at radius 1 is 1.10 bits per heavy atom. The molecule has 0 saturated carbocycles. The van der Waals surface area contributed by atoms with E-state index in [1.807, 2.05) is 0 Å². The summed E-state index contributed by atoms with van der Waals surface area (Å²) in [5.41, 5.74) is 10.1. The van der Waals surface area contributed by atoms with Crippen LogP contribution in [0.4, 0.5) is 8.78 Å². The normalized spacial score (nSPS) is 20.8. The van der Waals surface area contributed by atoms with E-state index in [-0.39, 0.29) is 17.5 Å². The third kappa shape index (κ3) is 4.10. The molecule has 0 amide bonds. The van der Waals surface area contributed by atoms with Crippen molar-refractivity contribution in [2.24, 2.45) is 5.73 Å². The van der Waals surface area contributed by atoms with Gasteiger partial charge in [0.25, 0.3) is 0 Å². The quantitative estimate of drug-likeness (QED) is 0.796. The van der Waals surface area contributed by atoms with Gasteiger partial charge in [0.05, 0.1) is 17.5 Å². The van der Waals surface area contributed by atoms with Crippen LogP contribution in [0.5, 0.6) is 0 Å². The lowest BCUT2D eigenvalue weighted by Crippen LogP contribution is -3.11. The number of nitrogens with one attached hydrogen (secondary N) is 1. The summed E-state index contributed by atoms with van der Waals surface area (Å²) in [7, 11) is 0. The van der Waals surface area contributed by atoms with Crippen LogP contribution < -0.4 is 10.6 Å². The van der Waals surface area contributed by atoms with E-state index < -0.39 is 5.92 Å². The Kier molecular flexibility index (Phi) is 5.62. The lowest BCUT2D eigenvalue weighted by molar-refractivity contribution is -0.866. The molecular formula is C25H24F2N3O+. The Hall–Kier alpha value is -3.43. The van der Waals surface area contributed by atoms with E-state index in [0.717, 1.165) is 22.3 Å². The zero-order chi connectivity index (χ0) is 22.1. The van der Waals surface area contributed by atoms with Gasteiger partial charge in [0, 0.05) is 12.0 Å². The second kappa shape index (κ2) is 8.37. The second-order valence-electron chi connectivity index (χ2n) is 8.21. The van der Waals surface area contributed by atoms with Gasteiger partial charge in [-0.2, -0.15) is 5.26 Å². The number of hydrogen-bond acceptors (Lipinski definition) is 3. The number of benzene rings is 2. The Bertz CT molecular complexity index is 1120.